The molecule has 0 saturated heterocycles. The smallest absolute Gasteiger partial charge is 0.127 e. The quantitative estimate of drug-likeness (QED) is 0.764. The molecule has 0 aliphatic rings. The van der Waals surface area contributed by atoms with Crippen molar-refractivity contribution in [3.8, 4) is 11.5 Å². The minimum atomic E-state index is 0.408. The molecule has 0 fully saturated rings. The summed E-state index contributed by atoms with van der Waals surface area (Å²) < 4.78 is 5.82. The summed E-state index contributed by atoms with van der Waals surface area (Å²) in [5, 5.41) is 0. The van der Waals surface area contributed by atoms with Crippen LogP contribution < -0.4 is 10.6 Å². The van der Waals surface area contributed by atoms with Gasteiger partial charge in [0.15, 0.2) is 0 Å². The first-order chi connectivity index (χ1) is 10.2. The highest BCUT2D eigenvalue weighted by atomic mass is 16.6. The van der Waals surface area contributed by atoms with Gasteiger partial charge in [0.05, 0.1) is 6.61 Å². The van der Waals surface area contributed by atoms with Gasteiger partial charge in [-0.05, 0) is 54.2 Å². The van der Waals surface area contributed by atoms with E-state index in [1.807, 2.05) is 36.4 Å². The van der Waals surface area contributed by atoms with Gasteiger partial charge in [0.25, 0.3) is 0 Å². The first-order valence-corrected chi connectivity index (χ1v) is 7.35. The lowest BCUT2D eigenvalue weighted by atomic mass is 10.0. The molecule has 0 spiro atoms. The fourth-order valence-electron chi connectivity index (χ4n) is 2.07. The van der Waals surface area contributed by atoms with Gasteiger partial charge in [-0.15, -0.1) is 0 Å². The molecular weight excluding hydrogens is 262 g/mol. The second-order valence-corrected chi connectivity index (χ2v) is 5.63. The molecule has 0 bridgehead atoms. The van der Waals surface area contributed by atoms with Crippen LogP contribution in [0.1, 0.15) is 31.4 Å². The number of ether oxygens (including phenoxy) is 1. The molecule has 0 saturated carbocycles. The number of hydrogen-bond donors (Lipinski definition) is 1. The van der Waals surface area contributed by atoms with Gasteiger partial charge in [0.1, 0.15) is 11.5 Å². The van der Waals surface area contributed by atoms with Crippen molar-refractivity contribution in [2.75, 3.05) is 0 Å². The van der Waals surface area contributed by atoms with Crippen LogP contribution in [-0.4, -0.2) is 0 Å². The lowest BCUT2D eigenvalue weighted by molar-refractivity contribution is 0.124. The average Bonchev–Trinajstić information content (AvgIpc) is 2.49. The largest absolute Gasteiger partial charge is 0.457 e. The summed E-state index contributed by atoms with van der Waals surface area (Å²) in [5.41, 5.74) is 2.38. The Balaban J connectivity index is 1.93. The van der Waals surface area contributed by atoms with Crippen molar-refractivity contribution in [3.05, 3.63) is 59.7 Å². The van der Waals surface area contributed by atoms with E-state index < -0.39 is 0 Å². The fourth-order valence-corrected chi connectivity index (χ4v) is 2.07. The minimum Gasteiger partial charge on any atom is -0.457 e. The monoisotopic (exact) mass is 285 g/mol. The van der Waals surface area contributed by atoms with Crippen LogP contribution in [0.3, 0.4) is 0 Å². The fraction of sp³-hybridized carbons (Fsp3) is 0.333. The third-order valence-corrected chi connectivity index (χ3v) is 3.34. The second-order valence-electron chi connectivity index (χ2n) is 5.63. The van der Waals surface area contributed by atoms with Crippen LogP contribution in [0, 0.1) is 5.92 Å². The highest BCUT2D eigenvalue weighted by molar-refractivity contribution is 5.34. The topological polar surface area (TPSA) is 44.5 Å². The Kier molecular flexibility index (Phi) is 5.78. The molecule has 112 valence electrons. The van der Waals surface area contributed by atoms with Gasteiger partial charge in [0.2, 0.25) is 0 Å². The zero-order valence-corrected chi connectivity index (χ0v) is 12.7. The predicted molar refractivity (Wildman–Crippen MR) is 85.1 cm³/mol. The third-order valence-electron chi connectivity index (χ3n) is 3.34. The molecule has 21 heavy (non-hydrogen) atoms. The van der Waals surface area contributed by atoms with E-state index >= 15 is 0 Å². The van der Waals surface area contributed by atoms with Gasteiger partial charge >= 0.3 is 0 Å². The van der Waals surface area contributed by atoms with Gasteiger partial charge in [0, 0.05) is 0 Å². The lowest BCUT2D eigenvalue weighted by Crippen LogP contribution is -1.98. The number of hydrogen-bond acceptors (Lipinski definition) is 3. The summed E-state index contributed by atoms with van der Waals surface area (Å²) in [4.78, 5) is 4.60. The van der Waals surface area contributed by atoms with E-state index in [4.69, 9.17) is 10.6 Å². The van der Waals surface area contributed by atoms with E-state index in [2.05, 4.69) is 30.8 Å². The highest BCUT2D eigenvalue weighted by Gasteiger charge is 2.00. The highest BCUT2D eigenvalue weighted by Crippen LogP contribution is 2.22. The standard InChI is InChI=1S/C18H23NO2/c1-14(2)3-4-15-5-9-17(10-6-15)21-18-11-7-16(8-12-18)13-20-19/h5-12,14H,3-4,13,19H2,1-2H3. The van der Waals surface area contributed by atoms with Gasteiger partial charge < -0.3 is 4.74 Å². The Hall–Kier alpha value is -1.84. The first kappa shape index (κ1) is 15.5. The Labute approximate surface area is 126 Å². The van der Waals surface area contributed by atoms with Crippen LogP contribution in [0.4, 0.5) is 0 Å². The molecular formula is C18H23NO2. The van der Waals surface area contributed by atoms with Crippen LogP contribution in [-0.2, 0) is 17.9 Å². The van der Waals surface area contributed by atoms with Crippen LogP contribution in [0.2, 0.25) is 0 Å². The van der Waals surface area contributed by atoms with Crippen LogP contribution in [0.25, 0.3) is 0 Å². The van der Waals surface area contributed by atoms with Crippen molar-refractivity contribution in [1.29, 1.82) is 0 Å². The van der Waals surface area contributed by atoms with Crippen molar-refractivity contribution in [2.45, 2.75) is 33.3 Å². The molecule has 0 radical (unpaired) electrons. The van der Waals surface area contributed by atoms with Crippen molar-refractivity contribution >= 4 is 0 Å². The van der Waals surface area contributed by atoms with E-state index in [0.717, 1.165) is 29.4 Å². The lowest BCUT2D eigenvalue weighted by Gasteiger charge is -2.08. The molecule has 0 aliphatic carbocycles. The summed E-state index contributed by atoms with van der Waals surface area (Å²) >= 11 is 0. The molecule has 0 aliphatic heterocycles. The Bertz CT molecular complexity index is 532. The SMILES string of the molecule is CC(C)CCc1ccc(Oc2ccc(CON)cc2)cc1. The predicted octanol–water partition coefficient (Wildman–Crippen LogP) is 4.46. The normalized spacial score (nSPS) is 10.9. The van der Waals surface area contributed by atoms with E-state index in [0.29, 0.717) is 6.61 Å². The first-order valence-electron chi connectivity index (χ1n) is 7.35. The molecule has 2 N–H and O–H groups in total. The van der Waals surface area contributed by atoms with E-state index in [1.54, 1.807) is 0 Å². The molecule has 3 nitrogen and oxygen atoms in total. The maximum absolute atomic E-state index is 5.82. The number of aryl methyl sites for hydroxylation is 1. The Morgan fingerprint density at radius 2 is 1.38 bits per heavy atom. The van der Waals surface area contributed by atoms with Gasteiger partial charge in [-0.1, -0.05) is 38.1 Å². The number of benzene rings is 2. The summed E-state index contributed by atoms with van der Waals surface area (Å²) in [6.07, 6.45) is 2.33. The van der Waals surface area contributed by atoms with Gasteiger partial charge in [-0.3, -0.25) is 4.84 Å². The second kappa shape index (κ2) is 7.81. The zero-order chi connectivity index (χ0) is 15.1. The molecule has 2 aromatic carbocycles. The number of rotatable bonds is 7. The van der Waals surface area contributed by atoms with E-state index in [9.17, 15) is 0 Å². The van der Waals surface area contributed by atoms with Crippen molar-refractivity contribution < 1.29 is 9.57 Å². The summed E-state index contributed by atoms with van der Waals surface area (Å²) in [6.45, 7) is 4.90. The molecule has 0 atom stereocenters. The van der Waals surface area contributed by atoms with Gasteiger partial charge in [-0.25, -0.2) is 5.90 Å². The summed E-state index contributed by atoms with van der Waals surface area (Å²) in [7, 11) is 0. The van der Waals surface area contributed by atoms with Gasteiger partial charge in [-0.2, -0.15) is 0 Å². The van der Waals surface area contributed by atoms with Crippen molar-refractivity contribution in [1.82, 2.24) is 0 Å². The Morgan fingerprint density at radius 3 is 1.86 bits per heavy atom. The van der Waals surface area contributed by atoms with E-state index in [-0.39, 0.29) is 0 Å². The van der Waals surface area contributed by atoms with Crippen molar-refractivity contribution in [2.24, 2.45) is 11.8 Å². The zero-order valence-electron chi connectivity index (χ0n) is 12.7. The summed E-state index contributed by atoms with van der Waals surface area (Å²) in [5.74, 6) is 7.45. The maximum atomic E-state index is 5.82. The van der Waals surface area contributed by atoms with Crippen molar-refractivity contribution in [3.63, 3.8) is 0 Å². The maximum Gasteiger partial charge on any atom is 0.127 e. The molecule has 2 aromatic rings. The van der Waals surface area contributed by atoms with Crippen LogP contribution in [0.15, 0.2) is 48.5 Å². The summed E-state index contributed by atoms with van der Waals surface area (Å²) in [6, 6.07) is 16.0. The molecule has 0 unspecified atom stereocenters. The minimum absolute atomic E-state index is 0.408. The molecule has 3 heteroatoms. The van der Waals surface area contributed by atoms with E-state index in [1.165, 1.54) is 12.0 Å². The van der Waals surface area contributed by atoms with Crippen LogP contribution in [0.5, 0.6) is 11.5 Å². The molecule has 0 heterocycles. The average molecular weight is 285 g/mol. The van der Waals surface area contributed by atoms with Crippen LogP contribution >= 0.6 is 0 Å². The molecule has 0 amide bonds. The Morgan fingerprint density at radius 1 is 0.857 bits per heavy atom. The number of nitrogens with two attached hydrogens (primary N) is 1. The molecule has 2 rings (SSSR count). The molecule has 0 aromatic heterocycles. The third kappa shape index (κ3) is 5.21.